The predicted molar refractivity (Wildman–Crippen MR) is 153 cm³/mol. The van der Waals surface area contributed by atoms with Crippen molar-refractivity contribution in [1.29, 1.82) is 0 Å². The van der Waals surface area contributed by atoms with Gasteiger partial charge in [-0.25, -0.2) is 17.2 Å². The Bertz CT molecular complexity index is 1460. The number of halogens is 4. The van der Waals surface area contributed by atoms with E-state index in [1.54, 1.807) is 18.2 Å². The van der Waals surface area contributed by atoms with Gasteiger partial charge in [0.15, 0.2) is 11.6 Å². The van der Waals surface area contributed by atoms with Crippen LogP contribution < -0.4 is 9.62 Å². The van der Waals surface area contributed by atoms with Crippen LogP contribution in [0.2, 0.25) is 10.0 Å². The Kier molecular flexibility index (Phi) is 10.9. The zero-order valence-corrected chi connectivity index (χ0v) is 24.2. The molecule has 3 aromatic carbocycles. The van der Waals surface area contributed by atoms with Gasteiger partial charge in [0.1, 0.15) is 6.04 Å². The largest absolute Gasteiger partial charge is 0.357 e. The van der Waals surface area contributed by atoms with Crippen LogP contribution in [0.3, 0.4) is 0 Å². The van der Waals surface area contributed by atoms with Crippen LogP contribution >= 0.6 is 23.2 Å². The summed E-state index contributed by atoms with van der Waals surface area (Å²) < 4.78 is 53.0. The molecule has 0 spiro atoms. The van der Waals surface area contributed by atoms with Crippen molar-refractivity contribution in [2.24, 2.45) is 0 Å². The second kappa shape index (κ2) is 13.9. The molecule has 0 aromatic heterocycles. The molecule has 3 aromatic rings. The molecule has 2 amide bonds. The molecule has 0 fully saturated rings. The van der Waals surface area contributed by atoms with E-state index in [2.05, 4.69) is 5.32 Å². The van der Waals surface area contributed by atoms with Crippen molar-refractivity contribution in [2.75, 3.05) is 24.2 Å². The maximum Gasteiger partial charge on any atom is 0.242 e. The number of rotatable bonds is 12. The van der Waals surface area contributed by atoms with E-state index in [1.165, 1.54) is 11.9 Å². The van der Waals surface area contributed by atoms with Crippen LogP contribution in [0.4, 0.5) is 14.5 Å². The Morgan fingerprint density at radius 2 is 1.68 bits per heavy atom. The van der Waals surface area contributed by atoms with Gasteiger partial charge in [-0.1, -0.05) is 59.6 Å². The molecule has 3 rings (SSSR count). The summed E-state index contributed by atoms with van der Waals surface area (Å²) in [7, 11) is -2.40. The van der Waals surface area contributed by atoms with Gasteiger partial charge in [-0.15, -0.1) is 0 Å². The van der Waals surface area contributed by atoms with Gasteiger partial charge in [0.25, 0.3) is 0 Å². The van der Waals surface area contributed by atoms with Crippen LogP contribution in [0, 0.1) is 11.6 Å². The fourth-order valence-corrected chi connectivity index (χ4v) is 5.62. The molecule has 7 nitrogen and oxygen atoms in total. The van der Waals surface area contributed by atoms with Crippen LogP contribution in [0.1, 0.15) is 24.0 Å². The fraction of sp³-hybridized carbons (Fsp3) is 0.286. The summed E-state index contributed by atoms with van der Waals surface area (Å²) in [6.07, 6.45) is 1.07. The zero-order valence-electron chi connectivity index (χ0n) is 21.9. The van der Waals surface area contributed by atoms with Crippen molar-refractivity contribution in [1.82, 2.24) is 10.2 Å². The summed E-state index contributed by atoms with van der Waals surface area (Å²) in [6.45, 7) is -0.173. The second-order valence-electron chi connectivity index (χ2n) is 9.11. The fourth-order valence-electron chi connectivity index (χ4n) is 4.20. The first-order valence-corrected chi connectivity index (χ1v) is 14.9. The number of carbonyl (C=O) groups excluding carboxylic acids is 2. The highest BCUT2D eigenvalue weighted by atomic mass is 35.5. The van der Waals surface area contributed by atoms with Gasteiger partial charge in [0.05, 0.1) is 11.9 Å². The van der Waals surface area contributed by atoms with Crippen molar-refractivity contribution < 1.29 is 26.8 Å². The molecule has 0 saturated carbocycles. The number of sulfonamides is 1. The molecule has 0 aliphatic heterocycles. The lowest BCUT2D eigenvalue weighted by molar-refractivity contribution is -0.141. The highest BCUT2D eigenvalue weighted by Crippen LogP contribution is 2.25. The summed E-state index contributed by atoms with van der Waals surface area (Å²) >= 11 is 12.4. The van der Waals surface area contributed by atoms with E-state index in [1.807, 2.05) is 30.3 Å². The van der Waals surface area contributed by atoms with E-state index in [-0.39, 0.29) is 43.9 Å². The first kappa shape index (κ1) is 31.3. The Labute approximate surface area is 242 Å². The molecule has 0 aliphatic rings. The maximum atomic E-state index is 13.8. The molecule has 0 heterocycles. The van der Waals surface area contributed by atoms with Crippen molar-refractivity contribution >= 4 is 50.7 Å². The van der Waals surface area contributed by atoms with Crippen LogP contribution in [0.5, 0.6) is 0 Å². The number of nitrogens with one attached hydrogen (secondary N) is 1. The van der Waals surface area contributed by atoms with Crippen LogP contribution in [-0.2, 0) is 32.6 Å². The lowest BCUT2D eigenvalue weighted by Crippen LogP contribution is -2.49. The molecule has 12 heteroatoms. The quantitative estimate of drug-likeness (QED) is 0.305. The molecular formula is C28H29Cl2F2N3O4S. The summed E-state index contributed by atoms with van der Waals surface area (Å²) in [6, 6.07) is 15.9. The van der Waals surface area contributed by atoms with Gasteiger partial charge >= 0.3 is 0 Å². The highest BCUT2D eigenvalue weighted by Gasteiger charge is 2.30. The summed E-state index contributed by atoms with van der Waals surface area (Å²) in [5, 5.41) is 3.35. The SMILES string of the molecule is CNC(=O)[C@H](Cc1ccccc1)N(Cc1ccc(Cl)cc1Cl)C(=O)CCCN(c1ccc(F)c(F)c1)S(C)(=O)=O. The molecule has 0 bridgehead atoms. The highest BCUT2D eigenvalue weighted by molar-refractivity contribution is 7.92. The number of benzene rings is 3. The molecule has 214 valence electrons. The molecule has 0 unspecified atom stereocenters. The minimum atomic E-state index is -3.87. The Morgan fingerprint density at radius 1 is 0.975 bits per heavy atom. The first-order valence-electron chi connectivity index (χ1n) is 12.3. The van der Waals surface area contributed by atoms with E-state index >= 15 is 0 Å². The van der Waals surface area contributed by atoms with Crippen LogP contribution in [0.25, 0.3) is 0 Å². The number of carbonyl (C=O) groups is 2. The molecule has 1 atom stereocenters. The number of amides is 2. The first-order chi connectivity index (χ1) is 18.9. The van der Waals surface area contributed by atoms with Gasteiger partial charge in [-0.3, -0.25) is 13.9 Å². The third-order valence-electron chi connectivity index (χ3n) is 6.22. The number of likely N-dealkylation sites (N-methyl/N-ethyl adjacent to an activating group) is 1. The van der Waals surface area contributed by atoms with Crippen LogP contribution in [0.15, 0.2) is 66.7 Å². The standard InChI is InChI=1S/C28H29Cl2F2N3O4S/c1-33-28(37)26(15-19-7-4-3-5-8-19)34(18-20-10-11-21(29)16-23(20)30)27(36)9-6-14-35(40(2,38)39)22-12-13-24(31)25(32)17-22/h3-5,7-8,10-13,16-17,26H,6,9,14-15,18H2,1-2H3,(H,33,37)/t26-/m0/s1. The molecule has 1 N–H and O–H groups in total. The van der Waals surface area contributed by atoms with Gasteiger partial charge in [-0.05, 0) is 41.8 Å². The molecular weight excluding hydrogens is 583 g/mol. The topological polar surface area (TPSA) is 86.8 Å². The third-order valence-corrected chi connectivity index (χ3v) is 8.00. The summed E-state index contributed by atoms with van der Waals surface area (Å²) in [5.74, 6) is -3.11. The minimum Gasteiger partial charge on any atom is -0.357 e. The zero-order chi connectivity index (χ0) is 29.4. The molecule has 0 radical (unpaired) electrons. The van der Waals surface area contributed by atoms with Crippen LogP contribution in [-0.4, -0.2) is 51.0 Å². The second-order valence-corrected chi connectivity index (χ2v) is 11.9. The van der Waals surface area contributed by atoms with E-state index in [9.17, 15) is 26.8 Å². The Balaban J connectivity index is 1.88. The Morgan fingerprint density at radius 3 is 2.27 bits per heavy atom. The number of hydrogen-bond acceptors (Lipinski definition) is 4. The normalized spacial score (nSPS) is 12.1. The predicted octanol–water partition coefficient (Wildman–Crippen LogP) is 5.20. The van der Waals surface area contributed by atoms with E-state index in [0.29, 0.717) is 15.6 Å². The Hall–Kier alpha value is -3.21. The van der Waals surface area contributed by atoms with Gasteiger partial charge in [-0.2, -0.15) is 0 Å². The monoisotopic (exact) mass is 611 g/mol. The van der Waals surface area contributed by atoms with Gasteiger partial charge in [0.2, 0.25) is 21.8 Å². The molecule has 40 heavy (non-hydrogen) atoms. The number of hydrogen-bond donors (Lipinski definition) is 1. The van der Waals surface area contributed by atoms with Crippen molar-refractivity contribution in [3.63, 3.8) is 0 Å². The lowest BCUT2D eigenvalue weighted by atomic mass is 10.0. The molecule has 0 saturated heterocycles. The smallest absolute Gasteiger partial charge is 0.242 e. The van der Waals surface area contributed by atoms with Gasteiger partial charge < -0.3 is 10.2 Å². The van der Waals surface area contributed by atoms with Crippen molar-refractivity contribution in [3.8, 4) is 0 Å². The van der Waals surface area contributed by atoms with E-state index < -0.39 is 33.6 Å². The number of anilines is 1. The summed E-state index contributed by atoms with van der Waals surface area (Å²) in [4.78, 5) is 28.1. The van der Waals surface area contributed by atoms with Crippen molar-refractivity contribution in [3.05, 3.63) is 99.5 Å². The minimum absolute atomic E-state index is 0.00127. The van der Waals surface area contributed by atoms with E-state index in [4.69, 9.17) is 23.2 Å². The summed E-state index contributed by atoms with van der Waals surface area (Å²) in [5.41, 5.74) is 1.34. The average molecular weight is 613 g/mol. The lowest BCUT2D eigenvalue weighted by Gasteiger charge is -2.32. The maximum absolute atomic E-state index is 13.8. The average Bonchev–Trinajstić information content (AvgIpc) is 2.90. The van der Waals surface area contributed by atoms with Crippen molar-refractivity contribution in [2.45, 2.75) is 31.8 Å². The third kappa shape index (κ3) is 8.39. The van der Waals surface area contributed by atoms with E-state index in [0.717, 1.165) is 34.3 Å². The molecule has 0 aliphatic carbocycles. The van der Waals surface area contributed by atoms with Gasteiger partial charge in [0, 0.05) is 49.1 Å². The number of nitrogens with zero attached hydrogens (tertiary/aromatic N) is 2.